The molecule has 0 fully saturated rings. The first-order chi connectivity index (χ1) is 13.8. The molecule has 3 heterocycles. The van der Waals surface area contributed by atoms with Crippen LogP contribution in [0.2, 0.25) is 0 Å². The summed E-state index contributed by atoms with van der Waals surface area (Å²) in [5.41, 5.74) is 5.29. The van der Waals surface area contributed by atoms with Gasteiger partial charge >= 0.3 is 0 Å². The van der Waals surface area contributed by atoms with Crippen LogP contribution in [0.3, 0.4) is 0 Å². The number of fused-ring (bicyclic) bond motifs is 2. The standard InChI is InChI=1S/C21H17N7/c1-13(26-21-19-20(23-11-22-19)24-12-25-21)18-17(14-7-3-2-4-8-14)15-9-5-6-10-16(15)27-28-18/h2-13H,1H3,(H2,22,23,24,25,26). The van der Waals surface area contributed by atoms with Crippen molar-refractivity contribution in [3.05, 3.63) is 72.9 Å². The molecule has 136 valence electrons. The van der Waals surface area contributed by atoms with E-state index < -0.39 is 0 Å². The fraction of sp³-hybridized carbons (Fsp3) is 0.0952. The lowest BCUT2D eigenvalue weighted by Crippen LogP contribution is -2.13. The molecule has 0 spiro atoms. The summed E-state index contributed by atoms with van der Waals surface area (Å²) >= 11 is 0. The highest BCUT2D eigenvalue weighted by Gasteiger charge is 2.19. The van der Waals surface area contributed by atoms with Gasteiger partial charge in [-0.1, -0.05) is 48.5 Å². The van der Waals surface area contributed by atoms with Crippen molar-refractivity contribution in [1.82, 2.24) is 30.1 Å². The lowest BCUT2D eigenvalue weighted by Gasteiger charge is -2.18. The lowest BCUT2D eigenvalue weighted by molar-refractivity contribution is 0.806. The van der Waals surface area contributed by atoms with Crippen LogP contribution in [0, 0.1) is 0 Å². The number of benzene rings is 2. The maximum atomic E-state index is 4.57. The van der Waals surface area contributed by atoms with Crippen molar-refractivity contribution in [3.63, 3.8) is 0 Å². The van der Waals surface area contributed by atoms with Crippen molar-refractivity contribution in [2.75, 3.05) is 5.32 Å². The molecular formula is C21H17N7. The average Bonchev–Trinajstić information content (AvgIpc) is 3.23. The van der Waals surface area contributed by atoms with Crippen LogP contribution in [0.5, 0.6) is 0 Å². The molecular weight excluding hydrogens is 350 g/mol. The molecule has 7 nitrogen and oxygen atoms in total. The summed E-state index contributed by atoms with van der Waals surface area (Å²) in [7, 11) is 0. The molecule has 0 amide bonds. The van der Waals surface area contributed by atoms with Gasteiger partial charge in [-0.3, -0.25) is 0 Å². The molecule has 5 aromatic rings. The third-order valence-electron chi connectivity index (χ3n) is 4.74. The van der Waals surface area contributed by atoms with E-state index in [1.54, 1.807) is 6.33 Å². The predicted molar refractivity (Wildman–Crippen MR) is 109 cm³/mol. The SMILES string of the molecule is CC(Nc1ncnc2nc[nH]c12)c1nnc2ccccc2c1-c1ccccc1. The van der Waals surface area contributed by atoms with E-state index in [9.17, 15) is 0 Å². The van der Waals surface area contributed by atoms with Crippen molar-refractivity contribution in [2.24, 2.45) is 0 Å². The number of nitrogens with zero attached hydrogens (tertiary/aromatic N) is 5. The quantitative estimate of drug-likeness (QED) is 0.496. The number of aromatic nitrogens is 6. The minimum atomic E-state index is -0.131. The number of hydrogen-bond acceptors (Lipinski definition) is 6. The molecule has 0 aliphatic carbocycles. The second-order valence-corrected chi connectivity index (χ2v) is 6.53. The van der Waals surface area contributed by atoms with E-state index in [0.717, 1.165) is 33.2 Å². The Kier molecular flexibility index (Phi) is 3.90. The monoisotopic (exact) mass is 367 g/mol. The topological polar surface area (TPSA) is 92.3 Å². The third kappa shape index (κ3) is 2.73. The Hall–Kier alpha value is -3.87. The van der Waals surface area contributed by atoms with E-state index >= 15 is 0 Å². The Labute approximate surface area is 160 Å². The van der Waals surface area contributed by atoms with Crippen molar-refractivity contribution in [3.8, 4) is 11.1 Å². The summed E-state index contributed by atoms with van der Waals surface area (Å²) in [6.07, 6.45) is 3.11. The second-order valence-electron chi connectivity index (χ2n) is 6.53. The highest BCUT2D eigenvalue weighted by molar-refractivity contribution is 5.95. The number of imidazole rings is 1. The first kappa shape index (κ1) is 16.3. The van der Waals surface area contributed by atoms with Gasteiger partial charge in [-0.05, 0) is 18.6 Å². The maximum absolute atomic E-state index is 4.57. The van der Waals surface area contributed by atoms with Crippen LogP contribution < -0.4 is 5.32 Å². The van der Waals surface area contributed by atoms with Gasteiger partial charge in [0.1, 0.15) is 11.8 Å². The summed E-state index contributed by atoms with van der Waals surface area (Å²) in [4.78, 5) is 15.8. The van der Waals surface area contributed by atoms with Gasteiger partial charge in [-0.25, -0.2) is 15.0 Å². The summed E-state index contributed by atoms with van der Waals surface area (Å²) in [6.45, 7) is 2.05. The van der Waals surface area contributed by atoms with E-state index in [2.05, 4.69) is 60.6 Å². The van der Waals surface area contributed by atoms with Gasteiger partial charge in [0.15, 0.2) is 11.5 Å². The molecule has 1 unspecified atom stereocenters. The van der Waals surface area contributed by atoms with Gasteiger partial charge in [-0.15, -0.1) is 0 Å². The zero-order chi connectivity index (χ0) is 18.9. The van der Waals surface area contributed by atoms with Gasteiger partial charge < -0.3 is 10.3 Å². The molecule has 0 saturated heterocycles. The average molecular weight is 367 g/mol. The Morgan fingerprint density at radius 1 is 0.893 bits per heavy atom. The molecule has 0 radical (unpaired) electrons. The van der Waals surface area contributed by atoms with Crippen LogP contribution in [0.4, 0.5) is 5.82 Å². The molecule has 0 aliphatic rings. The highest BCUT2D eigenvalue weighted by Crippen LogP contribution is 2.34. The van der Waals surface area contributed by atoms with Gasteiger partial charge in [0.25, 0.3) is 0 Å². The third-order valence-corrected chi connectivity index (χ3v) is 4.74. The van der Waals surface area contributed by atoms with Crippen LogP contribution in [0.15, 0.2) is 67.3 Å². The number of rotatable bonds is 4. The number of H-pyrrole nitrogens is 1. The Bertz CT molecular complexity index is 1260. The minimum absolute atomic E-state index is 0.131. The second kappa shape index (κ2) is 6.70. The van der Waals surface area contributed by atoms with Crippen molar-refractivity contribution in [1.29, 1.82) is 0 Å². The fourth-order valence-corrected chi connectivity index (χ4v) is 3.43. The molecule has 7 heteroatoms. The van der Waals surface area contributed by atoms with Gasteiger partial charge in [-0.2, -0.15) is 10.2 Å². The smallest absolute Gasteiger partial charge is 0.182 e. The van der Waals surface area contributed by atoms with Gasteiger partial charge in [0.05, 0.1) is 23.6 Å². The zero-order valence-corrected chi connectivity index (χ0v) is 15.2. The van der Waals surface area contributed by atoms with E-state index in [4.69, 9.17) is 0 Å². The number of anilines is 1. The molecule has 0 bridgehead atoms. The van der Waals surface area contributed by atoms with E-state index in [0.29, 0.717) is 11.5 Å². The first-order valence-electron chi connectivity index (χ1n) is 9.02. The number of aromatic amines is 1. The minimum Gasteiger partial charge on any atom is -0.360 e. The van der Waals surface area contributed by atoms with Gasteiger partial charge in [0, 0.05) is 10.9 Å². The van der Waals surface area contributed by atoms with Crippen LogP contribution in [0.25, 0.3) is 33.2 Å². The van der Waals surface area contributed by atoms with E-state index in [-0.39, 0.29) is 6.04 Å². The molecule has 28 heavy (non-hydrogen) atoms. The maximum Gasteiger partial charge on any atom is 0.182 e. The van der Waals surface area contributed by atoms with Crippen molar-refractivity contribution in [2.45, 2.75) is 13.0 Å². The zero-order valence-electron chi connectivity index (χ0n) is 15.2. The van der Waals surface area contributed by atoms with Crippen LogP contribution in [-0.4, -0.2) is 30.1 Å². The first-order valence-corrected chi connectivity index (χ1v) is 9.02. The highest BCUT2D eigenvalue weighted by atomic mass is 15.1. The Balaban J connectivity index is 1.65. The normalized spacial score (nSPS) is 12.3. The summed E-state index contributed by atoms with van der Waals surface area (Å²) in [6, 6.07) is 18.2. The van der Waals surface area contributed by atoms with E-state index in [1.165, 1.54) is 6.33 Å². The molecule has 2 aromatic carbocycles. The molecule has 3 aromatic heterocycles. The van der Waals surface area contributed by atoms with Crippen LogP contribution >= 0.6 is 0 Å². The lowest BCUT2D eigenvalue weighted by atomic mass is 9.96. The Morgan fingerprint density at radius 3 is 2.61 bits per heavy atom. The molecule has 1 atom stereocenters. The summed E-state index contributed by atoms with van der Waals surface area (Å²) in [5.74, 6) is 0.684. The van der Waals surface area contributed by atoms with Crippen LogP contribution in [0.1, 0.15) is 18.7 Å². The largest absolute Gasteiger partial charge is 0.360 e. The predicted octanol–water partition coefficient (Wildman–Crippen LogP) is 4.14. The number of hydrogen-bond donors (Lipinski definition) is 2. The number of nitrogens with one attached hydrogen (secondary N) is 2. The molecule has 2 N–H and O–H groups in total. The van der Waals surface area contributed by atoms with Crippen molar-refractivity contribution >= 4 is 27.9 Å². The summed E-state index contributed by atoms with van der Waals surface area (Å²) in [5, 5.41) is 13.5. The van der Waals surface area contributed by atoms with E-state index in [1.807, 2.05) is 36.4 Å². The van der Waals surface area contributed by atoms with Crippen LogP contribution in [-0.2, 0) is 0 Å². The van der Waals surface area contributed by atoms with Crippen molar-refractivity contribution < 1.29 is 0 Å². The summed E-state index contributed by atoms with van der Waals surface area (Å²) < 4.78 is 0. The molecule has 0 aliphatic heterocycles. The Morgan fingerprint density at radius 2 is 1.71 bits per heavy atom. The molecule has 0 saturated carbocycles. The molecule has 5 rings (SSSR count). The fourth-order valence-electron chi connectivity index (χ4n) is 3.43. The van der Waals surface area contributed by atoms with Gasteiger partial charge in [0.2, 0.25) is 0 Å².